The van der Waals surface area contributed by atoms with E-state index in [0.29, 0.717) is 13.1 Å². The summed E-state index contributed by atoms with van der Waals surface area (Å²) in [4.78, 5) is 38.1. The molecule has 0 spiro atoms. The van der Waals surface area contributed by atoms with Gasteiger partial charge in [-0.2, -0.15) is 0 Å². The van der Waals surface area contributed by atoms with E-state index >= 15 is 0 Å². The number of nitrogens with zero attached hydrogens (tertiary/aromatic N) is 1. The topological polar surface area (TPSA) is 95.9 Å². The number of carbonyl (C=O) groups is 3. The molecule has 2 fully saturated rings. The zero-order chi connectivity index (χ0) is 23.1. The lowest BCUT2D eigenvalue weighted by atomic mass is 9.98. The molecule has 172 valence electrons. The van der Waals surface area contributed by atoms with E-state index in [1.54, 1.807) is 11.8 Å². The SMILES string of the molecule is C[C@H](CC(=O)N1CCC2C(C1)C2C(=O)O)NC(=O)OCC1c2ccccc2-c2ccccc21. The number of piperidine rings is 1. The van der Waals surface area contributed by atoms with E-state index in [1.807, 2.05) is 24.3 Å². The maximum Gasteiger partial charge on any atom is 0.407 e. The molecule has 2 amide bonds. The molecular weight excluding hydrogens is 420 g/mol. The van der Waals surface area contributed by atoms with Crippen molar-refractivity contribution >= 4 is 18.0 Å². The number of rotatable bonds is 6. The van der Waals surface area contributed by atoms with E-state index in [9.17, 15) is 19.5 Å². The van der Waals surface area contributed by atoms with Crippen LogP contribution < -0.4 is 5.32 Å². The number of carboxylic acids is 1. The van der Waals surface area contributed by atoms with E-state index in [-0.39, 0.29) is 48.6 Å². The number of alkyl carbamates (subject to hydrolysis) is 1. The van der Waals surface area contributed by atoms with Crippen LogP contribution in [0.25, 0.3) is 11.1 Å². The van der Waals surface area contributed by atoms with E-state index in [4.69, 9.17) is 4.74 Å². The first-order valence-electron chi connectivity index (χ1n) is 11.6. The highest BCUT2D eigenvalue weighted by Gasteiger charge is 2.57. The quantitative estimate of drug-likeness (QED) is 0.705. The molecule has 2 N–H and O–H groups in total. The van der Waals surface area contributed by atoms with Gasteiger partial charge in [-0.15, -0.1) is 0 Å². The lowest BCUT2D eigenvalue weighted by molar-refractivity contribution is -0.139. The summed E-state index contributed by atoms with van der Waals surface area (Å²) in [6, 6.07) is 16.0. The van der Waals surface area contributed by atoms with Crippen molar-refractivity contribution < 1.29 is 24.2 Å². The number of hydrogen-bond acceptors (Lipinski definition) is 4. The number of aliphatic carboxylic acids is 1. The van der Waals surface area contributed by atoms with E-state index in [0.717, 1.165) is 17.5 Å². The number of fused-ring (bicyclic) bond motifs is 4. The molecule has 2 aliphatic carbocycles. The second-order valence-corrected chi connectivity index (χ2v) is 9.40. The van der Waals surface area contributed by atoms with Crippen LogP contribution in [-0.4, -0.2) is 53.7 Å². The molecule has 2 aromatic carbocycles. The van der Waals surface area contributed by atoms with Crippen molar-refractivity contribution in [3.05, 3.63) is 59.7 Å². The van der Waals surface area contributed by atoms with Crippen molar-refractivity contribution in [1.82, 2.24) is 10.2 Å². The Morgan fingerprint density at radius 3 is 2.33 bits per heavy atom. The first-order valence-corrected chi connectivity index (χ1v) is 11.6. The van der Waals surface area contributed by atoms with Gasteiger partial charge in [-0.3, -0.25) is 9.59 Å². The van der Waals surface area contributed by atoms with Gasteiger partial charge in [0, 0.05) is 31.5 Å². The van der Waals surface area contributed by atoms with Crippen molar-refractivity contribution in [2.24, 2.45) is 17.8 Å². The van der Waals surface area contributed by atoms with Crippen LogP contribution in [0.4, 0.5) is 4.79 Å². The van der Waals surface area contributed by atoms with Gasteiger partial charge in [0.1, 0.15) is 6.61 Å². The second kappa shape index (κ2) is 8.54. The lowest BCUT2D eigenvalue weighted by Crippen LogP contribution is -2.42. The molecule has 1 heterocycles. The number of nitrogens with one attached hydrogen (secondary N) is 1. The third kappa shape index (κ3) is 4.08. The average molecular weight is 449 g/mol. The minimum atomic E-state index is -0.760. The monoisotopic (exact) mass is 448 g/mol. The Balaban J connectivity index is 1.12. The Hall–Kier alpha value is -3.35. The van der Waals surface area contributed by atoms with Crippen LogP contribution in [0.5, 0.6) is 0 Å². The highest BCUT2D eigenvalue weighted by molar-refractivity contribution is 5.80. The Labute approximate surface area is 192 Å². The molecule has 0 aromatic heterocycles. The van der Waals surface area contributed by atoms with Crippen molar-refractivity contribution in [3.8, 4) is 11.1 Å². The van der Waals surface area contributed by atoms with Crippen molar-refractivity contribution in [2.75, 3.05) is 19.7 Å². The van der Waals surface area contributed by atoms with Gasteiger partial charge >= 0.3 is 12.1 Å². The molecule has 7 nitrogen and oxygen atoms in total. The zero-order valence-corrected chi connectivity index (χ0v) is 18.6. The van der Waals surface area contributed by atoms with Crippen LogP contribution >= 0.6 is 0 Å². The molecular formula is C26H28N2O5. The summed E-state index contributed by atoms with van der Waals surface area (Å²) in [7, 11) is 0. The second-order valence-electron chi connectivity index (χ2n) is 9.40. The van der Waals surface area contributed by atoms with Crippen LogP contribution in [-0.2, 0) is 14.3 Å². The van der Waals surface area contributed by atoms with Gasteiger partial charge < -0.3 is 20.1 Å². The summed E-state index contributed by atoms with van der Waals surface area (Å²) < 4.78 is 5.56. The van der Waals surface area contributed by atoms with Gasteiger partial charge in [-0.1, -0.05) is 48.5 Å². The Morgan fingerprint density at radius 1 is 1.06 bits per heavy atom. The van der Waals surface area contributed by atoms with E-state index in [2.05, 4.69) is 29.6 Å². The minimum Gasteiger partial charge on any atom is -0.481 e. The number of ether oxygens (including phenoxy) is 1. The molecule has 3 unspecified atom stereocenters. The standard InChI is InChI=1S/C26H28N2O5/c1-15(12-23(29)28-11-10-20-21(13-28)24(20)25(30)31)27-26(32)33-14-22-18-8-4-2-6-16(18)17-7-3-5-9-19(17)22/h2-9,15,20-22,24H,10-14H2,1H3,(H,27,32)(H,30,31)/t15-,20?,21?,24?/m1/s1. The van der Waals surface area contributed by atoms with Gasteiger partial charge in [-0.05, 0) is 47.4 Å². The molecule has 1 saturated carbocycles. The molecule has 5 rings (SSSR count). The predicted octanol–water partition coefficient (Wildman–Crippen LogP) is 3.48. The summed E-state index contributed by atoms with van der Waals surface area (Å²) in [5.41, 5.74) is 4.65. The number of likely N-dealkylation sites (tertiary alicyclic amines) is 1. The zero-order valence-electron chi connectivity index (χ0n) is 18.6. The van der Waals surface area contributed by atoms with Crippen LogP contribution in [0.2, 0.25) is 0 Å². The number of carbonyl (C=O) groups excluding carboxylic acids is 2. The number of amides is 2. The van der Waals surface area contributed by atoms with E-state index < -0.39 is 12.1 Å². The maximum absolute atomic E-state index is 12.7. The summed E-state index contributed by atoms with van der Waals surface area (Å²) in [6.45, 7) is 3.09. The van der Waals surface area contributed by atoms with Crippen LogP contribution in [0.15, 0.2) is 48.5 Å². The van der Waals surface area contributed by atoms with Gasteiger partial charge in [0.25, 0.3) is 0 Å². The fourth-order valence-electron chi connectivity index (χ4n) is 5.61. The molecule has 0 bridgehead atoms. The minimum absolute atomic E-state index is 0.0119. The highest BCUT2D eigenvalue weighted by atomic mass is 16.5. The number of benzene rings is 2. The van der Waals surface area contributed by atoms with Gasteiger partial charge in [0.2, 0.25) is 5.91 Å². The Morgan fingerprint density at radius 2 is 1.70 bits per heavy atom. The number of carboxylic acid groups (broad SMARTS) is 1. The van der Waals surface area contributed by atoms with Crippen LogP contribution in [0.1, 0.15) is 36.8 Å². The molecule has 1 aliphatic heterocycles. The smallest absolute Gasteiger partial charge is 0.407 e. The Bertz CT molecular complexity index is 1050. The summed E-state index contributed by atoms with van der Waals surface area (Å²) >= 11 is 0. The van der Waals surface area contributed by atoms with Gasteiger partial charge in [0.15, 0.2) is 0 Å². The Kier molecular flexibility index (Phi) is 5.56. The van der Waals surface area contributed by atoms with Crippen molar-refractivity contribution in [1.29, 1.82) is 0 Å². The van der Waals surface area contributed by atoms with Crippen molar-refractivity contribution in [3.63, 3.8) is 0 Å². The summed E-state index contributed by atoms with van der Waals surface area (Å²) in [5.74, 6) is -0.852. The highest BCUT2D eigenvalue weighted by Crippen LogP contribution is 2.51. The fraction of sp³-hybridized carbons (Fsp3) is 0.423. The van der Waals surface area contributed by atoms with Crippen molar-refractivity contribution in [2.45, 2.75) is 31.7 Å². The molecule has 4 atom stereocenters. The third-order valence-corrected chi connectivity index (χ3v) is 7.32. The van der Waals surface area contributed by atoms with Crippen LogP contribution in [0, 0.1) is 17.8 Å². The molecule has 3 aliphatic rings. The summed E-state index contributed by atoms with van der Waals surface area (Å²) in [6.07, 6.45) is 0.366. The molecule has 33 heavy (non-hydrogen) atoms. The molecule has 1 saturated heterocycles. The third-order valence-electron chi connectivity index (χ3n) is 7.32. The molecule has 0 radical (unpaired) electrons. The summed E-state index contributed by atoms with van der Waals surface area (Å²) in [5, 5.41) is 12.0. The van der Waals surface area contributed by atoms with E-state index in [1.165, 1.54) is 11.1 Å². The first kappa shape index (κ1) is 21.5. The van der Waals surface area contributed by atoms with Gasteiger partial charge in [0.05, 0.1) is 5.92 Å². The molecule has 7 heteroatoms. The number of hydrogen-bond donors (Lipinski definition) is 2. The first-order chi connectivity index (χ1) is 15.9. The predicted molar refractivity (Wildman–Crippen MR) is 122 cm³/mol. The largest absolute Gasteiger partial charge is 0.481 e. The van der Waals surface area contributed by atoms with Crippen LogP contribution in [0.3, 0.4) is 0 Å². The van der Waals surface area contributed by atoms with Gasteiger partial charge in [-0.25, -0.2) is 4.79 Å². The normalized spacial score (nSPS) is 23.7. The fourth-order valence-corrected chi connectivity index (χ4v) is 5.61. The lowest BCUT2D eigenvalue weighted by Gasteiger charge is -2.27. The average Bonchev–Trinajstić information content (AvgIpc) is 3.45. The molecule has 2 aromatic rings. The maximum atomic E-state index is 12.7.